The lowest BCUT2D eigenvalue weighted by atomic mass is 9.80. The second-order valence-electron chi connectivity index (χ2n) is 8.03. The van der Waals surface area contributed by atoms with E-state index in [0.717, 1.165) is 13.3 Å². The number of H-pyrrole nitrogens is 1. The predicted octanol–water partition coefficient (Wildman–Crippen LogP) is 2.45. The number of hydrogen-bond donors (Lipinski definition) is 2. The highest BCUT2D eigenvalue weighted by Crippen LogP contribution is 2.57. The molecular formula is C21H21FN4O6. The minimum Gasteiger partial charge on any atom is -0.478 e. The van der Waals surface area contributed by atoms with Crippen molar-refractivity contribution in [3.63, 3.8) is 0 Å². The summed E-state index contributed by atoms with van der Waals surface area (Å²) < 4.78 is 29.4. The first-order valence-electron chi connectivity index (χ1n) is 9.76. The number of carboxylic acids is 1. The number of nitrogens with zero attached hydrogens (tertiary/aromatic N) is 3. The molecule has 168 valence electrons. The normalized spacial score (nSPS) is 27.5. The van der Waals surface area contributed by atoms with E-state index >= 15 is 4.39 Å². The monoisotopic (exact) mass is 444 g/mol. The summed E-state index contributed by atoms with van der Waals surface area (Å²) in [4.78, 5) is 46.1. The minimum absolute atomic E-state index is 0.00593. The van der Waals surface area contributed by atoms with E-state index in [0.29, 0.717) is 11.1 Å². The van der Waals surface area contributed by atoms with Crippen LogP contribution >= 0.6 is 0 Å². The fraction of sp³-hybridized carbons (Fsp3) is 0.381. The van der Waals surface area contributed by atoms with Gasteiger partial charge in [-0.1, -0.05) is 12.1 Å². The van der Waals surface area contributed by atoms with Crippen LogP contribution < -0.4 is 5.56 Å². The van der Waals surface area contributed by atoms with E-state index in [-0.39, 0.29) is 16.7 Å². The Balaban J connectivity index is 1.92. The van der Waals surface area contributed by atoms with Crippen LogP contribution in [0.2, 0.25) is 0 Å². The Labute approximate surface area is 181 Å². The quantitative estimate of drug-likeness (QED) is 0.586. The Hall–Kier alpha value is -3.60. The predicted molar refractivity (Wildman–Crippen MR) is 109 cm³/mol. The lowest BCUT2D eigenvalue weighted by Gasteiger charge is -2.37. The van der Waals surface area contributed by atoms with Crippen molar-refractivity contribution >= 4 is 23.1 Å². The van der Waals surface area contributed by atoms with Crippen molar-refractivity contribution in [2.45, 2.75) is 51.3 Å². The van der Waals surface area contributed by atoms with Crippen LogP contribution in [-0.2, 0) is 14.3 Å². The fourth-order valence-corrected chi connectivity index (χ4v) is 4.24. The zero-order valence-electron chi connectivity index (χ0n) is 17.7. The molecule has 3 heterocycles. The maximum Gasteiger partial charge on any atom is 0.335 e. The summed E-state index contributed by atoms with van der Waals surface area (Å²) >= 11 is 0. The summed E-state index contributed by atoms with van der Waals surface area (Å²) in [7, 11) is 0. The van der Waals surface area contributed by atoms with Gasteiger partial charge in [-0.2, -0.15) is 0 Å². The van der Waals surface area contributed by atoms with E-state index in [1.165, 1.54) is 36.9 Å². The number of aromatic carboxylic acids is 1. The first-order valence-corrected chi connectivity index (χ1v) is 9.76. The van der Waals surface area contributed by atoms with E-state index in [2.05, 4.69) is 15.0 Å². The Morgan fingerprint density at radius 3 is 2.69 bits per heavy atom. The molecule has 1 saturated heterocycles. The molecule has 10 nitrogen and oxygen atoms in total. The zero-order valence-corrected chi connectivity index (χ0v) is 17.7. The summed E-state index contributed by atoms with van der Waals surface area (Å²) in [5.41, 5.74) is -3.87. The van der Waals surface area contributed by atoms with Crippen LogP contribution in [0.5, 0.6) is 0 Å². The Kier molecular flexibility index (Phi) is 4.88. The summed E-state index contributed by atoms with van der Waals surface area (Å²) in [6.07, 6.45) is -0.155. The number of esters is 1. The Morgan fingerprint density at radius 2 is 2.03 bits per heavy atom. The van der Waals surface area contributed by atoms with E-state index in [1.54, 1.807) is 13.0 Å². The van der Waals surface area contributed by atoms with Crippen molar-refractivity contribution in [3.8, 4) is 0 Å². The molecular weight excluding hydrogens is 423 g/mol. The minimum atomic E-state index is -2.33. The van der Waals surface area contributed by atoms with Crippen molar-refractivity contribution in [3.05, 3.63) is 57.9 Å². The largest absolute Gasteiger partial charge is 0.478 e. The summed E-state index contributed by atoms with van der Waals surface area (Å²) in [6, 6.07) is 4.53. The summed E-state index contributed by atoms with van der Waals surface area (Å²) in [6.45, 7) is 5.34. The maximum absolute atomic E-state index is 16.5. The lowest BCUT2D eigenvalue weighted by molar-refractivity contribution is -0.174. The molecule has 0 amide bonds. The number of ether oxygens (including phenoxy) is 2. The number of hydrogen-bond acceptors (Lipinski definition) is 7. The number of carboxylic acid groups (broad SMARTS) is 1. The van der Waals surface area contributed by atoms with Gasteiger partial charge in [-0.05, 0) is 38.0 Å². The summed E-state index contributed by atoms with van der Waals surface area (Å²) in [5.74, 6) is -1.89. The second kappa shape index (κ2) is 7.23. The third kappa shape index (κ3) is 3.00. The number of carbonyl (C=O) groups excluding carboxylic acids is 1. The zero-order chi connectivity index (χ0) is 23.4. The number of benzene rings is 1. The Morgan fingerprint density at radius 1 is 1.31 bits per heavy atom. The van der Waals surface area contributed by atoms with Gasteiger partial charge >= 0.3 is 11.9 Å². The number of fused-ring (bicyclic) bond motifs is 1. The lowest BCUT2D eigenvalue weighted by Crippen LogP contribution is -2.51. The molecule has 1 aliphatic heterocycles. The van der Waals surface area contributed by atoms with E-state index in [9.17, 15) is 19.5 Å². The van der Waals surface area contributed by atoms with Gasteiger partial charge in [-0.15, -0.1) is 0 Å². The standard InChI is InChI=1S/C21H21FN4O6/c1-10-12(6-5-7-13(10)18(29)30)15-21(4,32-11(2)27)20(3,22)19(31-15)26-9-25-14-16(26)23-8-24-17(14)28/h5-9,15,19H,1-4H3,(H,29,30)(H,23,24,28)/t15-,19+,20+,21+/m1/s1. The number of carbonyl (C=O) groups is 2. The first kappa shape index (κ1) is 21.6. The number of aromatic nitrogens is 4. The topological polar surface area (TPSA) is 136 Å². The van der Waals surface area contributed by atoms with Crippen LogP contribution in [0.15, 0.2) is 35.6 Å². The number of aromatic amines is 1. The highest BCUT2D eigenvalue weighted by atomic mass is 19.1. The van der Waals surface area contributed by atoms with E-state index in [4.69, 9.17) is 9.47 Å². The molecule has 0 spiro atoms. The molecule has 4 atom stereocenters. The van der Waals surface area contributed by atoms with Crippen LogP contribution in [0.3, 0.4) is 0 Å². The molecule has 1 aromatic carbocycles. The van der Waals surface area contributed by atoms with E-state index in [1.807, 2.05) is 0 Å². The van der Waals surface area contributed by atoms with Gasteiger partial charge in [-0.25, -0.2) is 19.2 Å². The molecule has 32 heavy (non-hydrogen) atoms. The highest BCUT2D eigenvalue weighted by Gasteiger charge is 2.67. The van der Waals surface area contributed by atoms with Crippen LogP contribution in [0.25, 0.3) is 11.2 Å². The van der Waals surface area contributed by atoms with Gasteiger partial charge < -0.3 is 19.6 Å². The molecule has 1 fully saturated rings. The number of halogens is 1. The smallest absolute Gasteiger partial charge is 0.335 e. The number of imidazole rings is 1. The van der Waals surface area contributed by atoms with Crippen molar-refractivity contribution in [2.75, 3.05) is 0 Å². The van der Waals surface area contributed by atoms with Crippen LogP contribution in [-0.4, -0.2) is 47.8 Å². The van der Waals surface area contributed by atoms with Gasteiger partial charge in [0, 0.05) is 6.92 Å². The van der Waals surface area contributed by atoms with Gasteiger partial charge in [0.05, 0.1) is 18.2 Å². The van der Waals surface area contributed by atoms with Gasteiger partial charge in [-0.3, -0.25) is 14.2 Å². The third-order valence-corrected chi connectivity index (χ3v) is 6.06. The molecule has 11 heteroatoms. The maximum atomic E-state index is 16.5. The molecule has 0 bridgehead atoms. The molecule has 0 unspecified atom stereocenters. The first-order chi connectivity index (χ1) is 15.0. The molecule has 0 aliphatic carbocycles. The number of nitrogens with one attached hydrogen (secondary N) is 1. The van der Waals surface area contributed by atoms with Crippen molar-refractivity contribution < 1.29 is 28.6 Å². The molecule has 3 aromatic rings. The van der Waals surface area contributed by atoms with Crippen LogP contribution in [0, 0.1) is 6.92 Å². The van der Waals surface area contributed by atoms with Crippen molar-refractivity contribution in [2.24, 2.45) is 0 Å². The van der Waals surface area contributed by atoms with Crippen molar-refractivity contribution in [1.29, 1.82) is 0 Å². The Bertz CT molecular complexity index is 1300. The average Bonchev–Trinajstić information content (AvgIpc) is 3.20. The fourth-order valence-electron chi connectivity index (χ4n) is 4.24. The van der Waals surface area contributed by atoms with Gasteiger partial charge in [0.15, 0.2) is 28.7 Å². The van der Waals surface area contributed by atoms with Crippen LogP contribution in [0.1, 0.15) is 54.6 Å². The SMILES string of the molecule is CC(=O)O[C@@]1(C)[C@@H](c2cccc(C(=O)O)c2C)O[C@H](n2cnc3c(=O)[nH]cnc32)[C@]1(C)F. The van der Waals surface area contributed by atoms with Gasteiger partial charge in [0.25, 0.3) is 5.56 Å². The molecule has 1 aliphatic rings. The number of alkyl halides is 1. The number of rotatable bonds is 4. The van der Waals surface area contributed by atoms with Gasteiger partial charge in [0.2, 0.25) is 0 Å². The average molecular weight is 444 g/mol. The van der Waals surface area contributed by atoms with Gasteiger partial charge in [0.1, 0.15) is 6.10 Å². The third-order valence-electron chi connectivity index (χ3n) is 6.06. The molecule has 2 aromatic heterocycles. The van der Waals surface area contributed by atoms with Crippen LogP contribution in [0.4, 0.5) is 4.39 Å². The highest BCUT2D eigenvalue weighted by molar-refractivity contribution is 5.89. The molecule has 4 rings (SSSR count). The molecule has 0 radical (unpaired) electrons. The second-order valence-corrected chi connectivity index (χ2v) is 8.03. The van der Waals surface area contributed by atoms with E-state index < -0.39 is 41.1 Å². The molecule has 2 N–H and O–H groups in total. The van der Waals surface area contributed by atoms with Crippen molar-refractivity contribution in [1.82, 2.24) is 19.5 Å². The molecule has 0 saturated carbocycles. The summed E-state index contributed by atoms with van der Waals surface area (Å²) in [5, 5.41) is 9.50.